The van der Waals surface area contributed by atoms with Crippen LogP contribution in [0.25, 0.3) is 0 Å². The second-order valence-corrected chi connectivity index (χ2v) is 3.86. The number of alkyl halides is 3. The lowest BCUT2D eigenvalue weighted by molar-refractivity contribution is -0.153. The number of anilines is 1. The van der Waals surface area contributed by atoms with E-state index in [1.54, 1.807) is 0 Å². The molecule has 1 aromatic rings. The molecule has 1 aromatic carbocycles. The first-order chi connectivity index (χ1) is 8.20. The molecule has 100 valence electrons. The predicted octanol–water partition coefficient (Wildman–Crippen LogP) is 1.91. The molecular formula is C11H13F3N2O2. The Kier molecular flexibility index (Phi) is 4.05. The molecule has 18 heavy (non-hydrogen) atoms. The number of nitrogens with two attached hydrogens (primary N) is 1. The number of carbonyl (C=O) groups excluding carboxylic acids is 1. The van der Waals surface area contributed by atoms with Crippen LogP contribution in [-0.2, 0) is 0 Å². The molecule has 0 spiro atoms. The van der Waals surface area contributed by atoms with Crippen molar-refractivity contribution in [2.75, 3.05) is 26.4 Å². The summed E-state index contributed by atoms with van der Waals surface area (Å²) in [5, 5.41) is 0. The van der Waals surface area contributed by atoms with E-state index in [1.165, 1.54) is 37.2 Å². The Balaban J connectivity index is 2.91. The fourth-order valence-electron chi connectivity index (χ4n) is 1.21. The van der Waals surface area contributed by atoms with Crippen LogP contribution in [0.1, 0.15) is 10.4 Å². The number of amides is 1. The Labute approximate surface area is 102 Å². The number of carbonyl (C=O) groups is 1. The second kappa shape index (κ2) is 5.16. The van der Waals surface area contributed by atoms with Gasteiger partial charge < -0.3 is 15.4 Å². The van der Waals surface area contributed by atoms with Crippen LogP contribution in [0.5, 0.6) is 5.75 Å². The summed E-state index contributed by atoms with van der Waals surface area (Å²) in [4.78, 5) is 12.9. The zero-order valence-corrected chi connectivity index (χ0v) is 9.91. The van der Waals surface area contributed by atoms with Crippen LogP contribution in [0.15, 0.2) is 18.2 Å². The molecule has 1 rings (SSSR count). The zero-order chi connectivity index (χ0) is 13.9. The molecule has 0 radical (unpaired) electrons. The SMILES string of the molecule is CN(C)C(=O)c1ccc(N)c(OCC(F)(F)F)c1. The zero-order valence-electron chi connectivity index (χ0n) is 9.91. The molecule has 7 heteroatoms. The first kappa shape index (κ1) is 14.1. The molecular weight excluding hydrogens is 249 g/mol. The normalized spacial score (nSPS) is 11.2. The quantitative estimate of drug-likeness (QED) is 0.846. The van der Waals surface area contributed by atoms with Gasteiger partial charge in [0.25, 0.3) is 5.91 Å². The van der Waals surface area contributed by atoms with E-state index in [2.05, 4.69) is 4.74 Å². The third-order valence-corrected chi connectivity index (χ3v) is 2.06. The predicted molar refractivity (Wildman–Crippen MR) is 60.4 cm³/mol. The molecule has 0 saturated heterocycles. The molecule has 0 saturated carbocycles. The highest BCUT2D eigenvalue weighted by Crippen LogP contribution is 2.25. The summed E-state index contributed by atoms with van der Waals surface area (Å²) in [7, 11) is 3.07. The van der Waals surface area contributed by atoms with Crippen LogP contribution in [0.3, 0.4) is 0 Å². The fourth-order valence-corrected chi connectivity index (χ4v) is 1.21. The Morgan fingerprint density at radius 2 is 2.00 bits per heavy atom. The molecule has 0 heterocycles. The molecule has 4 nitrogen and oxygen atoms in total. The van der Waals surface area contributed by atoms with Gasteiger partial charge in [-0.2, -0.15) is 13.2 Å². The molecule has 0 aromatic heterocycles. The summed E-state index contributed by atoms with van der Waals surface area (Å²) in [6.07, 6.45) is -4.45. The number of ether oxygens (including phenoxy) is 1. The smallest absolute Gasteiger partial charge is 0.422 e. The molecule has 2 N–H and O–H groups in total. The number of hydrogen-bond acceptors (Lipinski definition) is 3. The molecule has 0 atom stereocenters. The van der Waals surface area contributed by atoms with Crippen molar-refractivity contribution >= 4 is 11.6 Å². The van der Waals surface area contributed by atoms with Crippen molar-refractivity contribution in [3.63, 3.8) is 0 Å². The molecule has 0 bridgehead atoms. The third kappa shape index (κ3) is 3.83. The van der Waals surface area contributed by atoms with E-state index in [1.807, 2.05) is 0 Å². The van der Waals surface area contributed by atoms with Crippen molar-refractivity contribution < 1.29 is 22.7 Å². The number of nitrogens with zero attached hydrogens (tertiary/aromatic N) is 1. The molecule has 0 aliphatic heterocycles. The lowest BCUT2D eigenvalue weighted by Gasteiger charge is -2.14. The van der Waals surface area contributed by atoms with Crippen molar-refractivity contribution in [1.29, 1.82) is 0 Å². The van der Waals surface area contributed by atoms with Gasteiger partial charge in [0.15, 0.2) is 6.61 Å². The van der Waals surface area contributed by atoms with Crippen molar-refractivity contribution in [2.24, 2.45) is 0 Å². The topological polar surface area (TPSA) is 55.6 Å². The van der Waals surface area contributed by atoms with Gasteiger partial charge in [0, 0.05) is 19.7 Å². The molecule has 0 fully saturated rings. The van der Waals surface area contributed by atoms with Gasteiger partial charge in [-0.3, -0.25) is 4.79 Å². The third-order valence-electron chi connectivity index (χ3n) is 2.06. The van der Waals surface area contributed by atoms with Gasteiger partial charge in [-0.05, 0) is 18.2 Å². The summed E-state index contributed by atoms with van der Waals surface area (Å²) in [6, 6.07) is 3.96. The Bertz CT molecular complexity index is 444. The van der Waals surface area contributed by atoms with Gasteiger partial charge in [-0.25, -0.2) is 0 Å². The van der Waals surface area contributed by atoms with Gasteiger partial charge in [0.05, 0.1) is 5.69 Å². The van der Waals surface area contributed by atoms with Crippen molar-refractivity contribution in [3.05, 3.63) is 23.8 Å². The minimum Gasteiger partial charge on any atom is -0.482 e. The standard InChI is InChI=1S/C11H13F3N2O2/c1-16(2)10(17)7-3-4-8(15)9(5-7)18-6-11(12,13)14/h3-5H,6,15H2,1-2H3. The summed E-state index contributed by atoms with van der Waals surface area (Å²) < 4.78 is 40.6. The van der Waals surface area contributed by atoms with Crippen LogP contribution < -0.4 is 10.5 Å². The van der Waals surface area contributed by atoms with Gasteiger partial charge in [0.1, 0.15) is 5.75 Å². The molecule has 0 aliphatic carbocycles. The minimum absolute atomic E-state index is 0.0505. The average molecular weight is 262 g/mol. The van der Waals surface area contributed by atoms with Crippen molar-refractivity contribution in [2.45, 2.75) is 6.18 Å². The van der Waals surface area contributed by atoms with E-state index in [0.29, 0.717) is 0 Å². The molecule has 0 aliphatic rings. The van der Waals surface area contributed by atoms with Crippen LogP contribution >= 0.6 is 0 Å². The van der Waals surface area contributed by atoms with Gasteiger partial charge in [0.2, 0.25) is 0 Å². The summed E-state index contributed by atoms with van der Waals surface area (Å²) >= 11 is 0. The van der Waals surface area contributed by atoms with Gasteiger partial charge in [-0.1, -0.05) is 0 Å². The number of rotatable bonds is 3. The van der Waals surface area contributed by atoms with Crippen LogP contribution in [0.4, 0.5) is 18.9 Å². The van der Waals surface area contributed by atoms with Gasteiger partial charge in [-0.15, -0.1) is 0 Å². The largest absolute Gasteiger partial charge is 0.482 e. The highest BCUT2D eigenvalue weighted by atomic mass is 19.4. The maximum atomic E-state index is 12.0. The number of benzene rings is 1. The van der Waals surface area contributed by atoms with Crippen LogP contribution in [0.2, 0.25) is 0 Å². The van der Waals surface area contributed by atoms with E-state index in [-0.39, 0.29) is 22.9 Å². The number of hydrogen-bond donors (Lipinski definition) is 1. The highest BCUT2D eigenvalue weighted by molar-refractivity contribution is 5.94. The second-order valence-electron chi connectivity index (χ2n) is 3.86. The van der Waals surface area contributed by atoms with Crippen LogP contribution in [0, 0.1) is 0 Å². The van der Waals surface area contributed by atoms with E-state index >= 15 is 0 Å². The molecule has 0 unspecified atom stereocenters. The Morgan fingerprint density at radius 3 is 2.50 bits per heavy atom. The van der Waals surface area contributed by atoms with Crippen molar-refractivity contribution in [1.82, 2.24) is 4.90 Å². The van der Waals surface area contributed by atoms with E-state index in [4.69, 9.17) is 5.73 Å². The van der Waals surface area contributed by atoms with Crippen LogP contribution in [-0.4, -0.2) is 37.7 Å². The maximum absolute atomic E-state index is 12.0. The summed E-state index contributed by atoms with van der Waals surface area (Å²) in [5.41, 5.74) is 5.74. The lowest BCUT2D eigenvalue weighted by atomic mass is 10.1. The van der Waals surface area contributed by atoms with Gasteiger partial charge >= 0.3 is 6.18 Å². The number of halogens is 3. The lowest BCUT2D eigenvalue weighted by Crippen LogP contribution is -2.22. The molecule has 1 amide bonds. The average Bonchev–Trinajstić information content (AvgIpc) is 2.25. The maximum Gasteiger partial charge on any atom is 0.422 e. The highest BCUT2D eigenvalue weighted by Gasteiger charge is 2.28. The summed E-state index contributed by atoms with van der Waals surface area (Å²) in [5.74, 6) is -0.494. The first-order valence-corrected chi connectivity index (χ1v) is 5.01. The Hall–Kier alpha value is -1.92. The van der Waals surface area contributed by atoms with E-state index in [9.17, 15) is 18.0 Å². The van der Waals surface area contributed by atoms with Crippen molar-refractivity contribution in [3.8, 4) is 5.75 Å². The van der Waals surface area contributed by atoms with E-state index in [0.717, 1.165) is 0 Å². The summed E-state index contributed by atoms with van der Waals surface area (Å²) in [6.45, 7) is -1.45. The first-order valence-electron chi connectivity index (χ1n) is 5.01. The fraction of sp³-hybridized carbons (Fsp3) is 0.364. The Morgan fingerprint density at radius 1 is 1.39 bits per heavy atom. The monoisotopic (exact) mass is 262 g/mol. The minimum atomic E-state index is -4.45. The number of nitrogen functional groups attached to an aromatic ring is 1. The van der Waals surface area contributed by atoms with E-state index < -0.39 is 12.8 Å².